The lowest BCUT2D eigenvalue weighted by atomic mass is 10.1. The van der Waals surface area contributed by atoms with Crippen LogP contribution >= 0.6 is 0 Å². The van der Waals surface area contributed by atoms with E-state index in [1.165, 1.54) is 6.07 Å². The molecule has 1 saturated heterocycles. The first kappa shape index (κ1) is 20.1. The van der Waals surface area contributed by atoms with Crippen molar-refractivity contribution in [3.05, 3.63) is 71.2 Å². The first-order chi connectivity index (χ1) is 14.4. The molecule has 1 aliphatic heterocycles. The number of nitrogens with zero attached hydrogens (tertiary/aromatic N) is 1. The summed E-state index contributed by atoms with van der Waals surface area (Å²) in [4.78, 5) is 24.2. The van der Waals surface area contributed by atoms with Crippen molar-refractivity contribution in [2.45, 2.75) is 25.1 Å². The fraction of sp³-hybridized carbons (Fsp3) is 0.273. The minimum Gasteiger partial charge on any atom is -0.389 e. The molecule has 0 saturated carbocycles. The van der Waals surface area contributed by atoms with Gasteiger partial charge in [0.15, 0.2) is 0 Å². The van der Waals surface area contributed by atoms with Crippen molar-refractivity contribution in [3.63, 3.8) is 0 Å². The Kier molecular flexibility index (Phi) is 5.52. The number of carbonyl (C=O) groups is 2. The van der Waals surface area contributed by atoms with Crippen LogP contribution in [-0.4, -0.2) is 46.8 Å². The Morgan fingerprint density at radius 2 is 2.00 bits per heavy atom. The molecule has 30 heavy (non-hydrogen) atoms. The van der Waals surface area contributed by atoms with E-state index in [0.717, 1.165) is 5.56 Å². The van der Waals surface area contributed by atoms with Gasteiger partial charge in [-0.15, -0.1) is 0 Å². The Bertz CT molecular complexity index is 1090. The minimum atomic E-state index is -0.801. The fourth-order valence-corrected chi connectivity index (χ4v) is 3.72. The summed E-state index contributed by atoms with van der Waals surface area (Å²) in [7, 11) is 0. The van der Waals surface area contributed by atoms with Crippen LogP contribution in [0.15, 0.2) is 48.7 Å². The predicted molar refractivity (Wildman–Crippen MR) is 109 cm³/mol. The molecule has 0 spiro atoms. The molecule has 0 unspecified atom stereocenters. The monoisotopic (exact) mass is 411 g/mol. The van der Waals surface area contributed by atoms with Gasteiger partial charge in [0.1, 0.15) is 5.82 Å². The first-order valence-corrected chi connectivity index (χ1v) is 9.67. The van der Waals surface area contributed by atoms with Crippen molar-refractivity contribution in [1.82, 2.24) is 9.88 Å². The number of primary amides is 1. The first-order valence-electron chi connectivity index (χ1n) is 9.67. The van der Waals surface area contributed by atoms with Crippen molar-refractivity contribution in [2.75, 3.05) is 13.2 Å². The zero-order valence-corrected chi connectivity index (χ0v) is 16.2. The molecule has 4 N–H and O–H groups in total. The SMILES string of the molecule is NC(=O)c1ccc(Cn2cc(C(=O)N[C@H]3CCOC[C@@H]3O)c3c(F)cccc32)cc1. The van der Waals surface area contributed by atoms with E-state index in [1.807, 2.05) is 0 Å². The van der Waals surface area contributed by atoms with Gasteiger partial charge in [-0.25, -0.2) is 4.39 Å². The number of aliphatic hydroxyl groups excluding tert-OH is 1. The van der Waals surface area contributed by atoms with E-state index in [2.05, 4.69) is 5.32 Å². The highest BCUT2D eigenvalue weighted by Gasteiger charge is 2.27. The van der Waals surface area contributed by atoms with Gasteiger partial charge in [-0.2, -0.15) is 0 Å². The van der Waals surface area contributed by atoms with Gasteiger partial charge in [0.05, 0.1) is 29.8 Å². The summed E-state index contributed by atoms with van der Waals surface area (Å²) in [6, 6.07) is 11.0. The lowest BCUT2D eigenvalue weighted by Crippen LogP contribution is -2.48. The minimum absolute atomic E-state index is 0.155. The van der Waals surface area contributed by atoms with Crippen LogP contribution in [0.4, 0.5) is 4.39 Å². The van der Waals surface area contributed by atoms with Gasteiger partial charge in [-0.1, -0.05) is 18.2 Å². The van der Waals surface area contributed by atoms with Crippen LogP contribution in [0.3, 0.4) is 0 Å². The molecule has 4 rings (SSSR count). The zero-order valence-electron chi connectivity index (χ0n) is 16.2. The van der Waals surface area contributed by atoms with Crippen LogP contribution in [0, 0.1) is 5.82 Å². The summed E-state index contributed by atoms with van der Waals surface area (Å²) in [6.07, 6.45) is 1.29. The molecular weight excluding hydrogens is 389 g/mol. The number of halogens is 1. The molecule has 1 aliphatic rings. The zero-order chi connectivity index (χ0) is 21.3. The average Bonchev–Trinajstić information content (AvgIpc) is 3.10. The second-order valence-corrected chi connectivity index (χ2v) is 7.38. The summed E-state index contributed by atoms with van der Waals surface area (Å²) >= 11 is 0. The van der Waals surface area contributed by atoms with Crippen molar-refractivity contribution >= 4 is 22.7 Å². The summed E-state index contributed by atoms with van der Waals surface area (Å²) in [5.74, 6) is -1.45. The number of carbonyl (C=O) groups excluding carboxylic acids is 2. The standard InChI is InChI=1S/C22H22FN3O4/c23-16-2-1-3-18-20(16)15(22(29)25-17-8-9-30-12-19(17)27)11-26(18)10-13-4-6-14(7-5-13)21(24)28/h1-7,11,17,19,27H,8-10,12H2,(H2,24,28)(H,25,29)/t17-,19-/m0/s1. The maximum atomic E-state index is 14.6. The number of ether oxygens (including phenoxy) is 1. The predicted octanol–water partition coefficient (Wildman–Crippen LogP) is 1.81. The number of hydrogen-bond donors (Lipinski definition) is 3. The molecule has 1 fully saturated rings. The molecule has 8 heteroatoms. The third-order valence-corrected chi connectivity index (χ3v) is 5.33. The largest absolute Gasteiger partial charge is 0.389 e. The Morgan fingerprint density at radius 3 is 2.70 bits per heavy atom. The number of aliphatic hydroxyl groups is 1. The molecule has 2 heterocycles. The van der Waals surface area contributed by atoms with Crippen molar-refractivity contribution in [3.8, 4) is 0 Å². The number of benzene rings is 2. The Balaban J connectivity index is 1.65. The van der Waals surface area contributed by atoms with Gasteiger partial charge in [-0.05, 0) is 36.2 Å². The molecule has 2 aromatic carbocycles. The van der Waals surface area contributed by atoms with Gasteiger partial charge in [0.25, 0.3) is 5.91 Å². The molecule has 3 aromatic rings. The molecule has 0 radical (unpaired) electrons. The number of fused-ring (bicyclic) bond motifs is 1. The maximum Gasteiger partial charge on any atom is 0.253 e. The molecule has 2 amide bonds. The van der Waals surface area contributed by atoms with E-state index in [4.69, 9.17) is 10.5 Å². The van der Waals surface area contributed by atoms with Crippen LogP contribution in [0.25, 0.3) is 10.9 Å². The number of aromatic nitrogens is 1. The van der Waals surface area contributed by atoms with Gasteiger partial charge < -0.3 is 25.5 Å². The molecule has 156 valence electrons. The van der Waals surface area contributed by atoms with Gasteiger partial charge in [-0.3, -0.25) is 9.59 Å². The normalized spacial score (nSPS) is 19.0. The summed E-state index contributed by atoms with van der Waals surface area (Å²) in [6.45, 7) is 0.980. The number of rotatable bonds is 5. The van der Waals surface area contributed by atoms with Gasteiger partial charge >= 0.3 is 0 Å². The summed E-state index contributed by atoms with van der Waals surface area (Å²) < 4.78 is 21.6. The van der Waals surface area contributed by atoms with Crippen molar-refractivity contribution in [2.24, 2.45) is 5.73 Å². The Morgan fingerprint density at radius 1 is 1.23 bits per heavy atom. The van der Waals surface area contributed by atoms with Crippen LogP contribution in [-0.2, 0) is 11.3 Å². The van der Waals surface area contributed by atoms with E-state index < -0.39 is 29.8 Å². The molecule has 7 nitrogen and oxygen atoms in total. The topological polar surface area (TPSA) is 107 Å². The average molecular weight is 411 g/mol. The van der Waals surface area contributed by atoms with Crippen LogP contribution in [0.5, 0.6) is 0 Å². The molecule has 2 atom stereocenters. The smallest absolute Gasteiger partial charge is 0.253 e. The third kappa shape index (κ3) is 3.92. The van der Waals surface area contributed by atoms with Crippen molar-refractivity contribution < 1.29 is 23.8 Å². The second-order valence-electron chi connectivity index (χ2n) is 7.38. The highest BCUT2D eigenvalue weighted by atomic mass is 19.1. The quantitative estimate of drug-likeness (QED) is 0.595. The van der Waals surface area contributed by atoms with E-state index in [9.17, 15) is 19.1 Å². The number of nitrogens with one attached hydrogen (secondary N) is 1. The summed E-state index contributed by atoms with van der Waals surface area (Å²) in [5, 5.41) is 13.1. The van der Waals surface area contributed by atoms with E-state index in [1.54, 1.807) is 47.2 Å². The number of amides is 2. The van der Waals surface area contributed by atoms with E-state index in [0.29, 0.717) is 30.7 Å². The van der Waals surface area contributed by atoms with Crippen LogP contribution in [0.2, 0.25) is 0 Å². The molecule has 0 aliphatic carbocycles. The second kappa shape index (κ2) is 8.25. The maximum absolute atomic E-state index is 14.6. The number of hydrogen-bond acceptors (Lipinski definition) is 4. The van der Waals surface area contributed by atoms with Crippen LogP contribution in [0.1, 0.15) is 32.7 Å². The third-order valence-electron chi connectivity index (χ3n) is 5.33. The van der Waals surface area contributed by atoms with Gasteiger partial charge in [0.2, 0.25) is 5.91 Å². The van der Waals surface area contributed by atoms with Crippen LogP contribution < -0.4 is 11.1 Å². The highest BCUT2D eigenvalue weighted by molar-refractivity contribution is 6.07. The lowest BCUT2D eigenvalue weighted by molar-refractivity contribution is -0.0260. The Labute approximate surface area is 172 Å². The van der Waals surface area contributed by atoms with Crippen molar-refractivity contribution in [1.29, 1.82) is 0 Å². The van der Waals surface area contributed by atoms with E-state index >= 15 is 0 Å². The summed E-state index contributed by atoms with van der Waals surface area (Å²) in [5.41, 5.74) is 7.32. The fourth-order valence-electron chi connectivity index (χ4n) is 3.72. The molecular formula is C22H22FN3O4. The van der Waals surface area contributed by atoms with E-state index in [-0.39, 0.29) is 17.6 Å². The van der Waals surface area contributed by atoms with Gasteiger partial charge in [0, 0.05) is 30.3 Å². The lowest BCUT2D eigenvalue weighted by Gasteiger charge is -2.28. The molecule has 0 bridgehead atoms. The molecule has 1 aromatic heterocycles. The highest BCUT2D eigenvalue weighted by Crippen LogP contribution is 2.26. The number of nitrogens with two attached hydrogens (primary N) is 1. The Hall–Kier alpha value is -3.23.